The standard InChI is InChI=1S/C11H9F4NO2/c1-3-10(12)6-9(10,11(13,14)15)4-7(5-16)8(17)18-2/h3-4H,1,6H2,2H3/b7-4-/t9?,10-/m0/s1. The second-order valence-corrected chi connectivity index (χ2v) is 3.87. The fourth-order valence-corrected chi connectivity index (χ4v) is 1.70. The van der Waals surface area contributed by atoms with Crippen LogP contribution in [0.25, 0.3) is 0 Å². The van der Waals surface area contributed by atoms with Gasteiger partial charge in [0.15, 0.2) is 0 Å². The molecule has 1 unspecified atom stereocenters. The molecule has 0 N–H and O–H groups in total. The molecule has 0 saturated heterocycles. The fraction of sp³-hybridized carbons (Fsp3) is 0.455. The van der Waals surface area contributed by atoms with E-state index in [2.05, 4.69) is 11.3 Å². The van der Waals surface area contributed by atoms with Crippen molar-refractivity contribution in [2.75, 3.05) is 7.11 Å². The van der Waals surface area contributed by atoms with Crippen LogP contribution >= 0.6 is 0 Å². The lowest BCUT2D eigenvalue weighted by Gasteiger charge is -2.18. The average Bonchev–Trinajstić information content (AvgIpc) is 2.92. The number of carbonyl (C=O) groups excluding carboxylic acids is 1. The second kappa shape index (κ2) is 4.12. The molecule has 18 heavy (non-hydrogen) atoms. The summed E-state index contributed by atoms with van der Waals surface area (Å²) in [7, 11) is 0.914. The first-order valence-electron chi connectivity index (χ1n) is 4.78. The van der Waals surface area contributed by atoms with Gasteiger partial charge >= 0.3 is 12.1 Å². The minimum absolute atomic E-state index is 0.278. The molecule has 1 aliphatic rings. The van der Waals surface area contributed by atoms with E-state index in [1.54, 1.807) is 0 Å². The minimum atomic E-state index is -4.92. The molecule has 0 aliphatic heterocycles. The number of alkyl halides is 4. The maximum atomic E-state index is 13.8. The molecule has 0 aromatic carbocycles. The van der Waals surface area contributed by atoms with Crippen LogP contribution in [0.3, 0.4) is 0 Å². The highest BCUT2D eigenvalue weighted by Gasteiger charge is 2.79. The highest BCUT2D eigenvalue weighted by Crippen LogP contribution is 2.69. The van der Waals surface area contributed by atoms with E-state index in [0.29, 0.717) is 6.08 Å². The summed E-state index contributed by atoms with van der Waals surface area (Å²) in [4.78, 5) is 11.0. The van der Waals surface area contributed by atoms with Gasteiger partial charge in [0, 0.05) is 6.42 Å². The Morgan fingerprint density at radius 2 is 2.11 bits per heavy atom. The number of carbonyl (C=O) groups is 1. The highest BCUT2D eigenvalue weighted by molar-refractivity contribution is 5.93. The van der Waals surface area contributed by atoms with Crippen molar-refractivity contribution in [2.24, 2.45) is 5.41 Å². The largest absolute Gasteiger partial charge is 0.465 e. The fourth-order valence-electron chi connectivity index (χ4n) is 1.70. The van der Waals surface area contributed by atoms with Crippen LogP contribution in [-0.2, 0) is 9.53 Å². The van der Waals surface area contributed by atoms with E-state index < -0.39 is 35.2 Å². The van der Waals surface area contributed by atoms with Crippen LogP contribution in [-0.4, -0.2) is 24.9 Å². The van der Waals surface area contributed by atoms with Crippen LogP contribution in [0.4, 0.5) is 17.6 Å². The zero-order valence-corrected chi connectivity index (χ0v) is 9.34. The molecule has 98 valence electrons. The van der Waals surface area contributed by atoms with Crippen LogP contribution in [0.2, 0.25) is 0 Å². The predicted molar refractivity (Wildman–Crippen MR) is 52.9 cm³/mol. The highest BCUT2D eigenvalue weighted by atomic mass is 19.4. The van der Waals surface area contributed by atoms with E-state index >= 15 is 0 Å². The van der Waals surface area contributed by atoms with Gasteiger partial charge in [-0.2, -0.15) is 18.4 Å². The van der Waals surface area contributed by atoms with Gasteiger partial charge < -0.3 is 4.74 Å². The summed E-state index contributed by atoms with van der Waals surface area (Å²) < 4.78 is 56.5. The van der Waals surface area contributed by atoms with E-state index in [0.717, 1.165) is 7.11 Å². The number of rotatable bonds is 3. The second-order valence-electron chi connectivity index (χ2n) is 3.87. The quantitative estimate of drug-likeness (QED) is 0.258. The van der Waals surface area contributed by atoms with Gasteiger partial charge in [0.1, 0.15) is 22.7 Å². The van der Waals surface area contributed by atoms with Gasteiger partial charge in [-0.3, -0.25) is 0 Å². The molecular formula is C11H9F4NO2. The summed E-state index contributed by atoms with van der Waals surface area (Å²) in [5.41, 5.74) is -6.45. The van der Waals surface area contributed by atoms with E-state index in [9.17, 15) is 22.4 Å². The van der Waals surface area contributed by atoms with Crippen molar-refractivity contribution in [3.05, 3.63) is 24.3 Å². The SMILES string of the molecule is C=C[C@]1(F)CC1(/C=C(/C#N)C(=O)OC)C(F)(F)F. The van der Waals surface area contributed by atoms with Crippen LogP contribution in [0.15, 0.2) is 24.3 Å². The van der Waals surface area contributed by atoms with Gasteiger partial charge in [0.2, 0.25) is 0 Å². The summed E-state index contributed by atoms with van der Waals surface area (Å²) in [6.07, 6.45) is -5.01. The molecule has 0 aromatic heterocycles. The lowest BCUT2D eigenvalue weighted by Crippen LogP contribution is -2.30. The molecule has 0 spiro atoms. The summed E-state index contributed by atoms with van der Waals surface area (Å²) in [6, 6.07) is 1.27. The number of halogens is 4. The molecular weight excluding hydrogens is 254 g/mol. The molecule has 7 heteroatoms. The van der Waals surface area contributed by atoms with Crippen molar-refractivity contribution < 1.29 is 27.1 Å². The van der Waals surface area contributed by atoms with E-state index in [-0.39, 0.29) is 6.08 Å². The topological polar surface area (TPSA) is 50.1 Å². The van der Waals surface area contributed by atoms with Crippen molar-refractivity contribution in [2.45, 2.75) is 18.3 Å². The van der Waals surface area contributed by atoms with Gasteiger partial charge in [-0.1, -0.05) is 12.7 Å². The maximum Gasteiger partial charge on any atom is 0.401 e. The summed E-state index contributed by atoms with van der Waals surface area (Å²) >= 11 is 0. The van der Waals surface area contributed by atoms with Crippen molar-refractivity contribution in [3.8, 4) is 6.07 Å². The summed E-state index contributed by atoms with van der Waals surface area (Å²) in [5.74, 6) is -1.24. The molecule has 3 nitrogen and oxygen atoms in total. The molecule has 1 aliphatic carbocycles. The van der Waals surface area contributed by atoms with Crippen molar-refractivity contribution in [3.63, 3.8) is 0 Å². The molecule has 0 amide bonds. The lowest BCUT2D eigenvalue weighted by atomic mass is 9.98. The van der Waals surface area contributed by atoms with Crippen molar-refractivity contribution in [1.29, 1.82) is 5.26 Å². The third-order valence-electron chi connectivity index (χ3n) is 2.90. The van der Waals surface area contributed by atoms with Gasteiger partial charge in [-0.15, -0.1) is 0 Å². The van der Waals surface area contributed by atoms with Crippen LogP contribution in [0.5, 0.6) is 0 Å². The monoisotopic (exact) mass is 263 g/mol. The molecule has 1 saturated carbocycles. The van der Waals surface area contributed by atoms with Gasteiger partial charge in [-0.25, -0.2) is 9.18 Å². The van der Waals surface area contributed by atoms with Crippen molar-refractivity contribution >= 4 is 5.97 Å². The summed E-state index contributed by atoms with van der Waals surface area (Å²) in [6.45, 7) is 3.00. The zero-order valence-electron chi connectivity index (χ0n) is 9.34. The number of hydrogen-bond donors (Lipinski definition) is 0. The van der Waals surface area contributed by atoms with E-state index in [4.69, 9.17) is 5.26 Å². The van der Waals surface area contributed by atoms with Gasteiger partial charge in [0.25, 0.3) is 0 Å². The van der Waals surface area contributed by atoms with Crippen LogP contribution in [0.1, 0.15) is 6.42 Å². The molecule has 0 bridgehead atoms. The zero-order chi connectivity index (χ0) is 14.2. The third-order valence-corrected chi connectivity index (χ3v) is 2.90. The smallest absolute Gasteiger partial charge is 0.401 e. The Labute approximate surface area is 100 Å². The van der Waals surface area contributed by atoms with Gasteiger partial charge in [-0.05, 0) is 6.08 Å². The van der Waals surface area contributed by atoms with E-state index in [1.807, 2.05) is 0 Å². The molecule has 1 rings (SSSR count). The molecule has 2 atom stereocenters. The first kappa shape index (κ1) is 14.2. The van der Waals surface area contributed by atoms with Crippen LogP contribution in [0, 0.1) is 16.7 Å². The first-order chi connectivity index (χ1) is 8.17. The number of allylic oxidation sites excluding steroid dienone is 2. The summed E-state index contributed by atoms with van der Waals surface area (Å²) in [5, 5.41) is 8.59. The first-order valence-corrected chi connectivity index (χ1v) is 4.78. The number of methoxy groups -OCH3 is 1. The van der Waals surface area contributed by atoms with Crippen LogP contribution < -0.4 is 0 Å². The number of nitrogens with zero attached hydrogens (tertiary/aromatic N) is 1. The minimum Gasteiger partial charge on any atom is -0.465 e. The third kappa shape index (κ3) is 1.88. The Morgan fingerprint density at radius 3 is 2.39 bits per heavy atom. The number of ether oxygens (including phenoxy) is 1. The average molecular weight is 263 g/mol. The Hall–Kier alpha value is -1.84. The lowest BCUT2D eigenvalue weighted by molar-refractivity contribution is -0.181. The van der Waals surface area contributed by atoms with Gasteiger partial charge in [0.05, 0.1) is 7.11 Å². The predicted octanol–water partition coefficient (Wildman–Crippen LogP) is 2.46. The number of hydrogen-bond acceptors (Lipinski definition) is 3. The Balaban J connectivity index is 3.27. The number of nitriles is 1. The molecule has 1 fully saturated rings. The molecule has 0 radical (unpaired) electrons. The maximum absolute atomic E-state index is 13.8. The molecule has 0 heterocycles. The number of esters is 1. The normalized spacial score (nSPS) is 31.4. The Bertz CT molecular complexity index is 463. The Morgan fingerprint density at radius 1 is 1.56 bits per heavy atom. The van der Waals surface area contributed by atoms with Crippen molar-refractivity contribution in [1.82, 2.24) is 0 Å². The molecule has 0 aromatic rings. The Kier molecular flexibility index (Phi) is 3.26. The van der Waals surface area contributed by atoms with E-state index in [1.165, 1.54) is 6.07 Å².